The largest absolute Gasteiger partial charge is 0.496 e. The third-order valence-electron chi connectivity index (χ3n) is 4.60. The molecule has 3 aromatic carbocycles. The van der Waals surface area contributed by atoms with Crippen LogP contribution in [-0.4, -0.2) is 33.2 Å². The molecule has 32 heavy (non-hydrogen) atoms. The van der Waals surface area contributed by atoms with E-state index in [2.05, 4.69) is 5.32 Å². The van der Waals surface area contributed by atoms with Crippen molar-refractivity contribution >= 4 is 17.6 Å². The zero-order valence-electron chi connectivity index (χ0n) is 17.8. The number of methoxy groups -OCH3 is 3. The summed E-state index contributed by atoms with van der Waals surface area (Å²) in [5.41, 5.74) is 0.873. The van der Waals surface area contributed by atoms with Crippen molar-refractivity contribution in [1.29, 1.82) is 0 Å². The molecule has 1 N–H and O–H groups in total. The highest BCUT2D eigenvalue weighted by Crippen LogP contribution is 2.35. The first-order valence-electron chi connectivity index (χ1n) is 9.59. The second-order valence-corrected chi connectivity index (χ2v) is 6.60. The topological polar surface area (TPSA) is 83.1 Å². The Kier molecular flexibility index (Phi) is 7.28. The third kappa shape index (κ3) is 5.15. The lowest BCUT2D eigenvalue weighted by molar-refractivity contribution is -0.125. The van der Waals surface area contributed by atoms with Crippen molar-refractivity contribution in [1.82, 2.24) is 0 Å². The zero-order valence-corrected chi connectivity index (χ0v) is 17.8. The Morgan fingerprint density at radius 1 is 0.812 bits per heavy atom. The van der Waals surface area contributed by atoms with Gasteiger partial charge in [-0.3, -0.25) is 4.79 Å². The third-order valence-corrected chi connectivity index (χ3v) is 4.60. The maximum Gasteiger partial charge on any atom is 0.343 e. The van der Waals surface area contributed by atoms with Crippen LogP contribution in [0.3, 0.4) is 0 Å². The van der Waals surface area contributed by atoms with Crippen LogP contribution in [0.1, 0.15) is 22.0 Å². The standard InChI is InChI=1S/C24H22FNO6/c1-29-19-14-21(31-3)20(30-2)13-18(19)24(28)32-22(15-7-5-4-6-8-15)23(27)26-17-11-9-16(25)10-12-17/h4-14,22H,1-3H3,(H,26,27). The van der Waals surface area contributed by atoms with E-state index in [0.717, 1.165) is 0 Å². The molecule has 0 aromatic heterocycles. The molecule has 0 aliphatic carbocycles. The van der Waals surface area contributed by atoms with Gasteiger partial charge in [0.1, 0.15) is 17.1 Å². The molecule has 1 unspecified atom stereocenters. The van der Waals surface area contributed by atoms with Crippen molar-refractivity contribution in [3.8, 4) is 17.2 Å². The van der Waals surface area contributed by atoms with Crippen molar-refractivity contribution < 1.29 is 32.9 Å². The maximum absolute atomic E-state index is 13.2. The van der Waals surface area contributed by atoms with E-state index in [1.807, 2.05) is 0 Å². The van der Waals surface area contributed by atoms with Gasteiger partial charge in [-0.25, -0.2) is 9.18 Å². The normalized spacial score (nSPS) is 11.2. The van der Waals surface area contributed by atoms with E-state index >= 15 is 0 Å². The molecule has 0 saturated heterocycles. The highest BCUT2D eigenvalue weighted by atomic mass is 19.1. The number of amides is 1. The van der Waals surface area contributed by atoms with Crippen molar-refractivity contribution in [2.75, 3.05) is 26.6 Å². The van der Waals surface area contributed by atoms with Crippen LogP contribution in [0.4, 0.5) is 10.1 Å². The molecule has 0 spiro atoms. The van der Waals surface area contributed by atoms with E-state index in [-0.39, 0.29) is 11.3 Å². The van der Waals surface area contributed by atoms with E-state index in [1.54, 1.807) is 30.3 Å². The average Bonchev–Trinajstić information content (AvgIpc) is 2.83. The van der Waals surface area contributed by atoms with Gasteiger partial charge in [0.2, 0.25) is 6.10 Å². The first-order chi connectivity index (χ1) is 15.5. The molecular formula is C24H22FNO6. The molecule has 0 aliphatic rings. The van der Waals surface area contributed by atoms with Gasteiger partial charge in [-0.15, -0.1) is 0 Å². The summed E-state index contributed by atoms with van der Waals surface area (Å²) in [5.74, 6) is -0.976. The van der Waals surface area contributed by atoms with E-state index in [1.165, 1.54) is 57.7 Å². The van der Waals surface area contributed by atoms with Crippen LogP contribution in [0.15, 0.2) is 66.7 Å². The highest BCUT2D eigenvalue weighted by Gasteiger charge is 2.28. The zero-order chi connectivity index (χ0) is 23.1. The Morgan fingerprint density at radius 3 is 2.00 bits per heavy atom. The summed E-state index contributed by atoms with van der Waals surface area (Å²) in [6, 6.07) is 16.7. The molecule has 166 valence electrons. The van der Waals surface area contributed by atoms with Crippen molar-refractivity contribution in [2.24, 2.45) is 0 Å². The number of carbonyl (C=O) groups is 2. The summed E-state index contributed by atoms with van der Waals surface area (Å²) >= 11 is 0. The monoisotopic (exact) mass is 439 g/mol. The molecule has 3 rings (SSSR count). The molecular weight excluding hydrogens is 417 g/mol. The highest BCUT2D eigenvalue weighted by molar-refractivity contribution is 5.99. The number of benzene rings is 3. The van der Waals surface area contributed by atoms with Gasteiger partial charge in [-0.2, -0.15) is 0 Å². The molecule has 0 heterocycles. The summed E-state index contributed by atoms with van der Waals surface area (Å²) in [6.07, 6.45) is -1.27. The molecule has 0 bridgehead atoms. The van der Waals surface area contributed by atoms with Crippen LogP contribution in [-0.2, 0) is 9.53 Å². The van der Waals surface area contributed by atoms with Gasteiger partial charge < -0.3 is 24.3 Å². The number of halogens is 1. The first-order valence-corrected chi connectivity index (χ1v) is 9.59. The number of hydrogen-bond donors (Lipinski definition) is 1. The van der Waals surface area contributed by atoms with E-state index < -0.39 is 23.8 Å². The number of anilines is 1. The molecule has 0 fully saturated rings. The lowest BCUT2D eigenvalue weighted by atomic mass is 10.1. The minimum atomic E-state index is -1.27. The predicted molar refractivity (Wildman–Crippen MR) is 116 cm³/mol. The number of esters is 1. The summed E-state index contributed by atoms with van der Waals surface area (Å²) < 4.78 is 34.5. The summed E-state index contributed by atoms with van der Waals surface area (Å²) in [7, 11) is 4.29. The summed E-state index contributed by atoms with van der Waals surface area (Å²) in [6.45, 7) is 0. The summed E-state index contributed by atoms with van der Waals surface area (Å²) in [4.78, 5) is 26.0. The van der Waals surface area contributed by atoms with Gasteiger partial charge in [0.05, 0.1) is 21.3 Å². The van der Waals surface area contributed by atoms with E-state index in [4.69, 9.17) is 18.9 Å². The van der Waals surface area contributed by atoms with Crippen LogP contribution in [0.5, 0.6) is 17.2 Å². The van der Waals surface area contributed by atoms with Crippen LogP contribution < -0.4 is 19.5 Å². The predicted octanol–water partition coefficient (Wildman–Crippen LogP) is 4.39. The van der Waals surface area contributed by atoms with E-state index in [0.29, 0.717) is 22.7 Å². The average molecular weight is 439 g/mol. The molecule has 0 saturated carbocycles. The maximum atomic E-state index is 13.2. The number of ether oxygens (including phenoxy) is 4. The van der Waals surface area contributed by atoms with Crippen LogP contribution >= 0.6 is 0 Å². The van der Waals surface area contributed by atoms with Crippen LogP contribution in [0.25, 0.3) is 0 Å². The quantitative estimate of drug-likeness (QED) is 0.524. The lowest BCUT2D eigenvalue weighted by Crippen LogP contribution is -2.26. The van der Waals surface area contributed by atoms with Crippen molar-refractivity contribution in [3.63, 3.8) is 0 Å². The molecule has 0 aliphatic heterocycles. The SMILES string of the molecule is COc1cc(OC)c(C(=O)OC(C(=O)Nc2ccc(F)cc2)c2ccccc2)cc1OC. The van der Waals surface area contributed by atoms with Gasteiger partial charge in [-0.05, 0) is 24.3 Å². The van der Waals surface area contributed by atoms with Crippen molar-refractivity contribution in [2.45, 2.75) is 6.10 Å². The Bertz CT molecular complexity index is 1090. The Hall–Kier alpha value is -4.07. The Labute approximate surface area is 184 Å². The van der Waals surface area contributed by atoms with Crippen LogP contribution in [0.2, 0.25) is 0 Å². The number of nitrogens with one attached hydrogen (secondary N) is 1. The minimum Gasteiger partial charge on any atom is -0.496 e. The lowest BCUT2D eigenvalue weighted by Gasteiger charge is -2.19. The van der Waals surface area contributed by atoms with Gasteiger partial charge in [-0.1, -0.05) is 30.3 Å². The summed E-state index contributed by atoms with van der Waals surface area (Å²) in [5, 5.41) is 2.64. The fourth-order valence-corrected chi connectivity index (χ4v) is 3.00. The molecule has 8 heteroatoms. The number of carbonyl (C=O) groups excluding carboxylic acids is 2. The molecule has 1 amide bonds. The minimum absolute atomic E-state index is 0.0562. The van der Waals surface area contributed by atoms with E-state index in [9.17, 15) is 14.0 Å². The Morgan fingerprint density at radius 2 is 1.41 bits per heavy atom. The first kappa shape index (κ1) is 22.6. The fraction of sp³-hybridized carbons (Fsp3) is 0.167. The van der Waals surface area contributed by atoms with Gasteiger partial charge in [0.15, 0.2) is 11.5 Å². The molecule has 1 atom stereocenters. The number of hydrogen-bond acceptors (Lipinski definition) is 6. The molecule has 3 aromatic rings. The van der Waals surface area contributed by atoms with Crippen molar-refractivity contribution in [3.05, 3.63) is 83.7 Å². The second kappa shape index (κ2) is 10.3. The van der Waals surface area contributed by atoms with Gasteiger partial charge >= 0.3 is 5.97 Å². The van der Waals surface area contributed by atoms with Crippen LogP contribution in [0, 0.1) is 5.82 Å². The smallest absolute Gasteiger partial charge is 0.343 e. The Balaban J connectivity index is 1.92. The molecule has 7 nitrogen and oxygen atoms in total. The van der Waals surface area contributed by atoms with Gasteiger partial charge in [0.25, 0.3) is 5.91 Å². The second-order valence-electron chi connectivity index (χ2n) is 6.60. The molecule has 0 radical (unpaired) electrons. The number of rotatable bonds is 8. The van der Waals surface area contributed by atoms with Gasteiger partial charge in [0, 0.05) is 23.4 Å². The fourth-order valence-electron chi connectivity index (χ4n) is 3.00.